The summed E-state index contributed by atoms with van der Waals surface area (Å²) in [7, 11) is 0. The van der Waals surface area contributed by atoms with Crippen molar-refractivity contribution in [3.63, 3.8) is 0 Å². The zero-order valence-electron chi connectivity index (χ0n) is 55.4. The van der Waals surface area contributed by atoms with Crippen LogP contribution in [0.2, 0.25) is 0 Å². The molecular weight excluding hydrogens is 1190 g/mol. The summed E-state index contributed by atoms with van der Waals surface area (Å²) < 4.78 is 34.1. The molecule has 3 rings (SSSR count). The molecule has 1 amide bonds. The number of hydrogen-bond acceptors (Lipinski definition) is 18. The number of hydrogen-bond donors (Lipinski definition) is 12. The van der Waals surface area contributed by atoms with E-state index in [2.05, 4.69) is 165 Å². The van der Waals surface area contributed by atoms with E-state index < -0.39 is 124 Å². The number of unbranched alkanes of at least 4 members (excludes halogenated alkanes) is 9. The van der Waals surface area contributed by atoms with Crippen LogP contribution in [0.3, 0.4) is 0 Å². The first kappa shape index (κ1) is 82.6. The van der Waals surface area contributed by atoms with Crippen LogP contribution >= 0.6 is 0 Å². The van der Waals surface area contributed by atoms with Crippen molar-refractivity contribution in [2.45, 2.75) is 272 Å². The molecule has 19 heteroatoms. The Morgan fingerprint density at radius 3 is 1.15 bits per heavy atom. The van der Waals surface area contributed by atoms with Crippen molar-refractivity contribution in [2.75, 3.05) is 26.4 Å². The Kier molecular flexibility index (Phi) is 47.6. The Balaban J connectivity index is 1.31. The van der Waals surface area contributed by atoms with Crippen LogP contribution in [0, 0.1) is 0 Å². The fourth-order valence-electron chi connectivity index (χ4n) is 10.3. The number of amides is 1. The Morgan fingerprint density at radius 1 is 0.398 bits per heavy atom. The van der Waals surface area contributed by atoms with Gasteiger partial charge in [0.25, 0.3) is 0 Å². The van der Waals surface area contributed by atoms with Crippen LogP contribution in [0.5, 0.6) is 0 Å². The molecule has 0 aromatic rings. The number of aliphatic hydroxyl groups excluding tert-OH is 11. The van der Waals surface area contributed by atoms with Gasteiger partial charge in [-0.15, -0.1) is 0 Å². The highest BCUT2D eigenvalue weighted by atomic mass is 16.8. The monoisotopic (exact) mass is 1310 g/mol. The van der Waals surface area contributed by atoms with E-state index in [9.17, 15) is 61.0 Å². The smallest absolute Gasteiger partial charge is 0.220 e. The van der Waals surface area contributed by atoms with Gasteiger partial charge >= 0.3 is 0 Å². The SMILES string of the molecule is CC/C=C\C/C=C\C/C=C\C/C=C\C/C=C\C/C=C\C/C=C\C/C=C\C/C=C\C/C=C\C/C=C\C/C=C\CCCCCCC(=O)NC(COC1OC(CO)C(OC2OC(CO)C(OC3OC(CO)C(O)C(O)C3O)C(O)C2O)C(O)C1O)C(O)/C=C/CCCCCCC. The summed E-state index contributed by atoms with van der Waals surface area (Å²) in [4.78, 5) is 13.3. The molecule has 526 valence electrons. The molecule has 0 aliphatic carbocycles. The Morgan fingerprint density at radius 2 is 0.742 bits per heavy atom. The Labute approximate surface area is 555 Å². The maximum absolute atomic E-state index is 13.3. The highest BCUT2D eigenvalue weighted by Gasteiger charge is 2.53. The van der Waals surface area contributed by atoms with E-state index in [1.807, 2.05) is 6.08 Å². The molecule has 3 saturated heterocycles. The first-order valence-electron chi connectivity index (χ1n) is 34.2. The maximum Gasteiger partial charge on any atom is 0.220 e. The molecule has 3 aliphatic rings. The minimum atomic E-state index is -1.99. The summed E-state index contributed by atoms with van der Waals surface area (Å²) in [5, 5.41) is 120. The van der Waals surface area contributed by atoms with Gasteiger partial charge in [-0.2, -0.15) is 0 Å². The van der Waals surface area contributed by atoms with Gasteiger partial charge in [0.15, 0.2) is 18.9 Å². The summed E-state index contributed by atoms with van der Waals surface area (Å²) in [6.45, 7) is 1.47. The highest BCUT2D eigenvalue weighted by Crippen LogP contribution is 2.33. The standard InChI is InChI=1S/C74H117NO18/c1-3-5-7-9-11-12-13-14-15-16-17-18-19-20-21-22-23-24-25-26-27-28-29-30-31-32-33-34-35-36-37-38-39-40-41-42-43-44-46-48-50-52-62(80)75-57(58(79)51-49-47-45-10-8-6-4-2)56-88-72-68(86)65(83)70(60(54-77)90-72)93-74-69(87)66(84)71(61(55-78)91-74)92-73-67(85)64(82)63(81)59(53-76)89-73/h5,7,11-12,14-15,17-18,20-21,23-24,26-27,29-30,32-33,35-36,38-39,41-42,49,51,57-61,63-74,76-79,81-87H,3-4,6,8-10,13,16,19,22,25,28,31,34,37,40,43-48,50,52-56H2,1-2H3,(H,75,80)/b7-5-,12-11-,15-14-,18-17-,21-20-,24-23-,27-26-,30-29-,33-32-,36-35-,39-38-,42-41-,51-49+. The Bertz CT molecular complexity index is 2300. The summed E-state index contributed by atoms with van der Waals surface area (Å²) in [5.74, 6) is -0.313. The van der Waals surface area contributed by atoms with Gasteiger partial charge in [-0.05, 0) is 109 Å². The number of rotatable bonds is 49. The summed E-state index contributed by atoms with van der Waals surface area (Å²) in [6.07, 6.45) is 51.4. The first-order valence-corrected chi connectivity index (χ1v) is 34.2. The van der Waals surface area contributed by atoms with Crippen molar-refractivity contribution >= 4 is 5.91 Å². The van der Waals surface area contributed by atoms with Crippen LogP contribution in [0.25, 0.3) is 0 Å². The van der Waals surface area contributed by atoms with Crippen molar-refractivity contribution in [2.24, 2.45) is 0 Å². The molecule has 3 heterocycles. The van der Waals surface area contributed by atoms with Gasteiger partial charge in [-0.3, -0.25) is 4.79 Å². The van der Waals surface area contributed by atoms with Crippen molar-refractivity contribution < 1.29 is 89.4 Å². The summed E-state index contributed by atoms with van der Waals surface area (Å²) in [6, 6.07) is -0.995. The van der Waals surface area contributed by atoms with Crippen molar-refractivity contribution in [1.29, 1.82) is 0 Å². The van der Waals surface area contributed by atoms with E-state index in [1.54, 1.807) is 6.08 Å². The van der Waals surface area contributed by atoms with Gasteiger partial charge in [0.2, 0.25) is 5.91 Å². The molecular formula is C74H117NO18. The lowest BCUT2D eigenvalue weighted by atomic mass is 9.96. The second kappa shape index (κ2) is 53.5. The third-order valence-corrected chi connectivity index (χ3v) is 15.8. The molecule has 93 heavy (non-hydrogen) atoms. The molecule has 0 bridgehead atoms. The number of aliphatic hydroxyl groups is 11. The minimum Gasteiger partial charge on any atom is -0.394 e. The van der Waals surface area contributed by atoms with Gasteiger partial charge in [0.05, 0.1) is 38.6 Å². The van der Waals surface area contributed by atoms with Crippen LogP contribution < -0.4 is 5.32 Å². The lowest BCUT2D eigenvalue weighted by Gasteiger charge is -2.48. The predicted molar refractivity (Wildman–Crippen MR) is 364 cm³/mol. The fraction of sp³-hybridized carbons (Fsp3) is 0.635. The maximum atomic E-state index is 13.3. The molecule has 0 saturated carbocycles. The van der Waals surface area contributed by atoms with Crippen LogP contribution in [-0.4, -0.2) is 193 Å². The van der Waals surface area contributed by atoms with Crippen LogP contribution in [-0.2, 0) is 33.2 Å². The van der Waals surface area contributed by atoms with Crippen LogP contribution in [0.1, 0.15) is 168 Å². The molecule has 0 aromatic carbocycles. The Hall–Kier alpha value is -4.59. The highest BCUT2D eigenvalue weighted by molar-refractivity contribution is 5.76. The van der Waals surface area contributed by atoms with Gasteiger partial charge in [0, 0.05) is 6.42 Å². The van der Waals surface area contributed by atoms with E-state index >= 15 is 0 Å². The summed E-state index contributed by atoms with van der Waals surface area (Å²) >= 11 is 0. The second-order valence-corrected chi connectivity index (χ2v) is 23.6. The lowest BCUT2D eigenvalue weighted by Crippen LogP contribution is -2.66. The van der Waals surface area contributed by atoms with Crippen molar-refractivity contribution in [3.05, 3.63) is 158 Å². The average Bonchev–Trinajstić information content (AvgIpc) is 0.798. The number of allylic oxidation sites excluding steroid dienone is 25. The number of carbonyl (C=O) groups is 1. The van der Waals surface area contributed by atoms with E-state index in [1.165, 1.54) is 0 Å². The lowest BCUT2D eigenvalue weighted by molar-refractivity contribution is -0.379. The second-order valence-electron chi connectivity index (χ2n) is 23.6. The van der Waals surface area contributed by atoms with Crippen LogP contribution in [0.4, 0.5) is 0 Å². The van der Waals surface area contributed by atoms with E-state index in [4.69, 9.17) is 28.4 Å². The van der Waals surface area contributed by atoms with Gasteiger partial charge < -0.3 is 89.9 Å². The number of ether oxygens (including phenoxy) is 6. The molecule has 12 N–H and O–H groups in total. The molecule has 3 aliphatic heterocycles. The molecule has 0 spiro atoms. The van der Waals surface area contributed by atoms with Gasteiger partial charge in [-0.25, -0.2) is 0 Å². The molecule has 17 unspecified atom stereocenters. The first-order chi connectivity index (χ1) is 45.3. The van der Waals surface area contributed by atoms with Crippen LogP contribution in [0.15, 0.2) is 158 Å². The largest absolute Gasteiger partial charge is 0.394 e. The topological polar surface area (TPSA) is 307 Å². The third kappa shape index (κ3) is 35.3. The average molecular weight is 1310 g/mol. The molecule has 0 radical (unpaired) electrons. The molecule has 3 fully saturated rings. The predicted octanol–water partition coefficient (Wildman–Crippen LogP) is 8.93. The fourth-order valence-corrected chi connectivity index (χ4v) is 10.3. The zero-order chi connectivity index (χ0) is 67.5. The van der Waals surface area contributed by atoms with Gasteiger partial charge in [-0.1, -0.05) is 210 Å². The zero-order valence-corrected chi connectivity index (χ0v) is 55.4. The third-order valence-electron chi connectivity index (χ3n) is 15.8. The minimum absolute atomic E-state index is 0.202. The number of carbonyl (C=O) groups excluding carboxylic acids is 1. The molecule has 0 aromatic heterocycles. The quantitative estimate of drug-likeness (QED) is 0.0200. The van der Waals surface area contributed by atoms with Crippen molar-refractivity contribution in [1.82, 2.24) is 5.32 Å². The van der Waals surface area contributed by atoms with Crippen molar-refractivity contribution in [3.8, 4) is 0 Å². The van der Waals surface area contributed by atoms with E-state index in [0.717, 1.165) is 141 Å². The summed E-state index contributed by atoms with van der Waals surface area (Å²) in [5.41, 5.74) is 0. The molecule has 19 nitrogen and oxygen atoms in total. The van der Waals surface area contributed by atoms with E-state index in [0.29, 0.717) is 6.42 Å². The van der Waals surface area contributed by atoms with Gasteiger partial charge in [0.1, 0.15) is 73.2 Å². The van der Waals surface area contributed by atoms with E-state index in [-0.39, 0.29) is 18.9 Å². The molecule has 17 atom stereocenters. The number of nitrogens with one attached hydrogen (secondary N) is 1. The normalized spacial score (nSPS) is 28.5.